The van der Waals surface area contributed by atoms with E-state index in [1.807, 2.05) is 0 Å². The molecule has 1 unspecified atom stereocenters. The van der Waals surface area contributed by atoms with Crippen molar-refractivity contribution in [3.8, 4) is 0 Å². The predicted molar refractivity (Wildman–Crippen MR) is 72.2 cm³/mol. The Morgan fingerprint density at radius 3 is 1.95 bits per heavy atom. The van der Waals surface area contributed by atoms with Gasteiger partial charge in [0.1, 0.15) is 0 Å². The Morgan fingerprint density at radius 2 is 1.48 bits per heavy atom. The van der Waals surface area contributed by atoms with E-state index in [1.165, 1.54) is 36.4 Å². The molecule has 0 spiro atoms. The number of Topliss-reactive ketones (excluding diaryl/α,β-unsaturated/α-hetero) is 1. The van der Waals surface area contributed by atoms with Crippen LogP contribution in [0, 0.1) is 0 Å². The van der Waals surface area contributed by atoms with E-state index in [1.54, 1.807) is 6.07 Å². The Morgan fingerprint density at radius 1 is 0.952 bits per heavy atom. The van der Waals surface area contributed by atoms with Gasteiger partial charge in [-0.2, -0.15) is 13.2 Å². The van der Waals surface area contributed by atoms with E-state index in [2.05, 4.69) is 0 Å². The number of hydrogen-bond donors (Lipinski definition) is 1. The molecule has 0 radical (unpaired) electrons. The summed E-state index contributed by atoms with van der Waals surface area (Å²) in [5.41, 5.74) is -4.42. The lowest BCUT2D eigenvalue weighted by Gasteiger charge is -2.29. The van der Waals surface area contributed by atoms with Crippen LogP contribution in [0.4, 0.5) is 13.2 Å². The highest BCUT2D eigenvalue weighted by atomic mass is 35.5. The number of benzene rings is 2. The second-order valence-corrected chi connectivity index (χ2v) is 4.85. The molecule has 2 rings (SSSR count). The second kappa shape index (κ2) is 5.50. The van der Waals surface area contributed by atoms with Crippen molar-refractivity contribution >= 4 is 17.4 Å². The molecule has 0 aliphatic heterocycles. The zero-order valence-corrected chi connectivity index (χ0v) is 11.3. The Bertz CT molecular complexity index is 638. The van der Waals surface area contributed by atoms with Gasteiger partial charge in [-0.1, -0.05) is 54.1 Å². The molecule has 6 heteroatoms. The summed E-state index contributed by atoms with van der Waals surface area (Å²) >= 11 is 5.62. The molecular weight excluding hydrogens is 305 g/mol. The minimum absolute atomic E-state index is 0.204. The smallest absolute Gasteiger partial charge is 0.370 e. The van der Waals surface area contributed by atoms with E-state index in [9.17, 15) is 23.1 Å². The standard InChI is InChI=1S/C15H10ClF3O2/c16-12-8-6-11(7-9-12)14(21,15(17,18)19)13(20)10-4-2-1-3-5-10/h1-9,21H. The van der Waals surface area contributed by atoms with Crippen LogP contribution in [0.1, 0.15) is 15.9 Å². The molecule has 110 valence electrons. The minimum atomic E-state index is -5.16. The van der Waals surface area contributed by atoms with Gasteiger partial charge in [0, 0.05) is 16.1 Å². The summed E-state index contributed by atoms with van der Waals surface area (Å²) in [6.07, 6.45) is -5.16. The normalized spacial score (nSPS) is 14.5. The molecule has 0 aromatic heterocycles. The third kappa shape index (κ3) is 2.80. The number of alkyl halides is 3. The van der Waals surface area contributed by atoms with E-state index in [-0.39, 0.29) is 10.6 Å². The molecule has 1 atom stereocenters. The maximum atomic E-state index is 13.3. The number of carbonyl (C=O) groups is 1. The molecule has 0 saturated carbocycles. The largest absolute Gasteiger partial charge is 0.429 e. The summed E-state index contributed by atoms with van der Waals surface area (Å²) in [7, 11) is 0. The van der Waals surface area contributed by atoms with Crippen LogP contribution in [-0.4, -0.2) is 17.1 Å². The van der Waals surface area contributed by atoms with E-state index >= 15 is 0 Å². The Kier molecular flexibility index (Phi) is 4.07. The first-order valence-electron chi connectivity index (χ1n) is 5.92. The monoisotopic (exact) mass is 314 g/mol. The van der Waals surface area contributed by atoms with Crippen LogP contribution in [0.5, 0.6) is 0 Å². The van der Waals surface area contributed by atoms with Crippen molar-refractivity contribution in [2.24, 2.45) is 0 Å². The lowest BCUT2D eigenvalue weighted by Crippen LogP contribution is -2.49. The number of halogens is 4. The molecule has 0 aliphatic rings. The Hall–Kier alpha value is -1.85. The molecule has 2 aromatic carbocycles. The maximum Gasteiger partial charge on any atom is 0.429 e. The van der Waals surface area contributed by atoms with Crippen LogP contribution in [-0.2, 0) is 5.60 Å². The lowest BCUT2D eigenvalue weighted by molar-refractivity contribution is -0.242. The fraction of sp³-hybridized carbons (Fsp3) is 0.133. The molecule has 0 amide bonds. The summed E-state index contributed by atoms with van der Waals surface area (Å²) in [5, 5.41) is 10.3. The zero-order valence-electron chi connectivity index (χ0n) is 10.6. The van der Waals surface area contributed by atoms with Gasteiger partial charge in [0.05, 0.1) is 0 Å². The van der Waals surface area contributed by atoms with Crippen molar-refractivity contribution < 1.29 is 23.1 Å². The molecule has 0 aliphatic carbocycles. The van der Waals surface area contributed by atoms with E-state index in [4.69, 9.17) is 11.6 Å². The SMILES string of the molecule is O=C(c1ccccc1)C(O)(c1ccc(Cl)cc1)C(F)(F)F. The molecular formula is C15H10ClF3O2. The summed E-state index contributed by atoms with van der Waals surface area (Å²) in [4.78, 5) is 12.2. The number of aliphatic hydroxyl groups is 1. The number of rotatable bonds is 3. The molecule has 0 heterocycles. The van der Waals surface area contributed by atoms with Crippen LogP contribution in [0.25, 0.3) is 0 Å². The van der Waals surface area contributed by atoms with Crippen LogP contribution in [0.15, 0.2) is 54.6 Å². The number of hydrogen-bond acceptors (Lipinski definition) is 2. The average Bonchev–Trinajstić information content (AvgIpc) is 2.46. The van der Waals surface area contributed by atoms with Gasteiger partial charge in [-0.25, -0.2) is 0 Å². The summed E-state index contributed by atoms with van der Waals surface area (Å²) in [6.45, 7) is 0. The zero-order chi connectivity index (χ0) is 15.7. The van der Waals surface area contributed by atoms with Gasteiger partial charge in [0.25, 0.3) is 0 Å². The molecule has 0 bridgehead atoms. The molecule has 2 nitrogen and oxygen atoms in total. The van der Waals surface area contributed by atoms with Crippen LogP contribution < -0.4 is 0 Å². The fourth-order valence-corrected chi connectivity index (χ4v) is 2.04. The van der Waals surface area contributed by atoms with Crippen molar-refractivity contribution in [3.05, 3.63) is 70.7 Å². The van der Waals surface area contributed by atoms with Crippen molar-refractivity contribution in [2.45, 2.75) is 11.8 Å². The van der Waals surface area contributed by atoms with Crippen molar-refractivity contribution in [3.63, 3.8) is 0 Å². The van der Waals surface area contributed by atoms with Crippen molar-refractivity contribution in [1.82, 2.24) is 0 Å². The Balaban J connectivity index is 2.58. The molecule has 2 aromatic rings. The minimum Gasteiger partial charge on any atom is -0.370 e. The Labute approximate surface area is 123 Å². The summed E-state index contributed by atoms with van der Waals surface area (Å²) in [5.74, 6) is -1.43. The lowest BCUT2D eigenvalue weighted by atomic mass is 9.85. The summed E-state index contributed by atoms with van der Waals surface area (Å²) in [6, 6.07) is 11.2. The predicted octanol–water partition coefficient (Wildman–Crippen LogP) is 3.97. The summed E-state index contributed by atoms with van der Waals surface area (Å²) < 4.78 is 40.0. The first-order chi connectivity index (χ1) is 9.76. The van der Waals surface area contributed by atoms with E-state index in [0.717, 1.165) is 12.1 Å². The number of carbonyl (C=O) groups excluding carboxylic acids is 1. The number of ketones is 1. The van der Waals surface area contributed by atoms with Crippen LogP contribution in [0.3, 0.4) is 0 Å². The highest BCUT2D eigenvalue weighted by Crippen LogP contribution is 2.41. The van der Waals surface area contributed by atoms with Gasteiger partial charge in [-0.05, 0) is 12.1 Å². The quantitative estimate of drug-likeness (QED) is 0.870. The van der Waals surface area contributed by atoms with E-state index in [0.29, 0.717) is 0 Å². The van der Waals surface area contributed by atoms with Gasteiger partial charge in [0.15, 0.2) is 0 Å². The van der Waals surface area contributed by atoms with Gasteiger partial charge in [-0.15, -0.1) is 0 Å². The highest BCUT2D eigenvalue weighted by molar-refractivity contribution is 6.30. The van der Waals surface area contributed by atoms with Crippen LogP contribution in [0.2, 0.25) is 5.02 Å². The van der Waals surface area contributed by atoms with Gasteiger partial charge < -0.3 is 5.11 Å². The fourth-order valence-electron chi connectivity index (χ4n) is 1.91. The van der Waals surface area contributed by atoms with Gasteiger partial charge >= 0.3 is 6.18 Å². The average molecular weight is 315 g/mol. The third-order valence-corrected chi connectivity index (χ3v) is 3.29. The topological polar surface area (TPSA) is 37.3 Å². The molecule has 0 saturated heterocycles. The molecule has 0 fully saturated rings. The van der Waals surface area contributed by atoms with E-state index < -0.39 is 23.1 Å². The third-order valence-electron chi connectivity index (χ3n) is 3.04. The van der Waals surface area contributed by atoms with Crippen molar-refractivity contribution in [2.75, 3.05) is 0 Å². The molecule has 21 heavy (non-hydrogen) atoms. The van der Waals surface area contributed by atoms with Crippen LogP contribution >= 0.6 is 11.6 Å². The van der Waals surface area contributed by atoms with Gasteiger partial charge in [0.2, 0.25) is 11.4 Å². The first-order valence-corrected chi connectivity index (χ1v) is 6.29. The maximum absolute atomic E-state index is 13.3. The first kappa shape index (κ1) is 15.5. The molecule has 1 N–H and O–H groups in total. The highest BCUT2D eigenvalue weighted by Gasteiger charge is 2.60. The van der Waals surface area contributed by atoms with Gasteiger partial charge in [-0.3, -0.25) is 4.79 Å². The second-order valence-electron chi connectivity index (χ2n) is 4.41. The van der Waals surface area contributed by atoms with Crippen molar-refractivity contribution in [1.29, 1.82) is 0 Å².